The maximum Gasteiger partial charge on any atom is 0.119 e. The van der Waals surface area contributed by atoms with Crippen molar-refractivity contribution in [2.24, 2.45) is 0 Å². The summed E-state index contributed by atoms with van der Waals surface area (Å²) in [5, 5.41) is 21.3. The number of nitrogens with zero attached hydrogens (tertiary/aromatic N) is 1. The van der Waals surface area contributed by atoms with Gasteiger partial charge in [0.05, 0.1) is 21.3 Å². The summed E-state index contributed by atoms with van der Waals surface area (Å²) >= 11 is 0. The molecule has 35 heavy (non-hydrogen) atoms. The summed E-state index contributed by atoms with van der Waals surface area (Å²) in [4.78, 5) is 1.89. The second-order valence-electron chi connectivity index (χ2n) is 7.88. The predicted octanol–water partition coefficient (Wildman–Crippen LogP) is 3.40. The van der Waals surface area contributed by atoms with Gasteiger partial charge in [-0.3, -0.25) is 0 Å². The first kappa shape index (κ1) is 26.0. The zero-order chi connectivity index (χ0) is 25.0. The number of aliphatic hydroxyl groups excluding tert-OH is 2. The van der Waals surface area contributed by atoms with Crippen LogP contribution in [0.25, 0.3) is 0 Å². The monoisotopic (exact) mass is 483 g/mol. The fourth-order valence-corrected chi connectivity index (χ4v) is 3.42. The summed E-state index contributed by atoms with van der Waals surface area (Å²) in [6.45, 7) is 0.693. The van der Waals surface area contributed by atoms with Gasteiger partial charge in [-0.2, -0.15) is 0 Å². The average molecular weight is 484 g/mol. The molecular weight excluding hydrogens is 450 g/mol. The molecule has 0 spiro atoms. The molecule has 0 aliphatic heterocycles. The normalized spacial score (nSPS) is 12.4. The number of anilines is 1. The fourth-order valence-electron chi connectivity index (χ4n) is 3.42. The van der Waals surface area contributed by atoms with Crippen LogP contribution in [0.1, 0.15) is 0 Å². The Bertz CT molecular complexity index is 934. The Morgan fingerprint density at radius 1 is 0.543 bits per heavy atom. The van der Waals surface area contributed by atoms with Gasteiger partial charge in [0.1, 0.15) is 54.2 Å². The summed E-state index contributed by atoms with van der Waals surface area (Å²) < 4.78 is 27.0. The van der Waals surface area contributed by atoms with E-state index in [1.54, 1.807) is 69.9 Å². The molecule has 188 valence electrons. The van der Waals surface area contributed by atoms with E-state index in [0.717, 1.165) is 22.9 Å². The zero-order valence-corrected chi connectivity index (χ0v) is 20.3. The van der Waals surface area contributed by atoms with E-state index < -0.39 is 12.2 Å². The van der Waals surface area contributed by atoms with Gasteiger partial charge in [-0.05, 0) is 72.8 Å². The molecule has 0 radical (unpaired) electrons. The van der Waals surface area contributed by atoms with Crippen LogP contribution in [-0.2, 0) is 0 Å². The maximum atomic E-state index is 10.7. The largest absolute Gasteiger partial charge is 0.497 e. The molecule has 3 rings (SSSR count). The average Bonchev–Trinajstić information content (AvgIpc) is 2.91. The quantitative estimate of drug-likeness (QED) is 0.361. The number of hydrogen-bond donors (Lipinski definition) is 2. The minimum absolute atomic E-state index is 0.0947. The Labute approximate surface area is 206 Å². The molecule has 3 aromatic carbocycles. The molecule has 0 aliphatic rings. The standard InChI is InChI=1S/C27H33NO7/c1-31-23-6-4-20(5-7-23)28(16-21(29)18-34-26-12-8-24(32-2)9-13-26)17-22(30)19-35-27-14-10-25(33-3)11-15-27/h4-15,21-22,29-30H,16-19H2,1-3H3/t21-,22-/m0/s1. The van der Waals surface area contributed by atoms with Crippen LogP contribution < -0.4 is 28.6 Å². The summed E-state index contributed by atoms with van der Waals surface area (Å²) in [5.74, 6) is 3.45. The van der Waals surface area contributed by atoms with Gasteiger partial charge < -0.3 is 38.8 Å². The highest BCUT2D eigenvalue weighted by molar-refractivity contribution is 5.49. The number of hydrogen-bond acceptors (Lipinski definition) is 8. The molecule has 2 N–H and O–H groups in total. The highest BCUT2D eigenvalue weighted by atomic mass is 16.5. The molecule has 0 fully saturated rings. The number of aliphatic hydroxyl groups is 2. The first-order valence-electron chi connectivity index (χ1n) is 11.3. The van der Waals surface area contributed by atoms with E-state index in [4.69, 9.17) is 23.7 Å². The van der Waals surface area contributed by atoms with E-state index in [0.29, 0.717) is 11.5 Å². The molecule has 0 saturated heterocycles. The molecule has 0 bridgehead atoms. The number of benzene rings is 3. The Kier molecular flexibility index (Phi) is 9.89. The second kappa shape index (κ2) is 13.3. The van der Waals surface area contributed by atoms with E-state index in [9.17, 15) is 10.2 Å². The zero-order valence-electron chi connectivity index (χ0n) is 20.3. The van der Waals surface area contributed by atoms with E-state index in [1.165, 1.54) is 0 Å². The molecule has 8 nitrogen and oxygen atoms in total. The molecule has 0 saturated carbocycles. The van der Waals surface area contributed by atoms with Gasteiger partial charge in [-0.15, -0.1) is 0 Å². The lowest BCUT2D eigenvalue weighted by Gasteiger charge is -2.29. The molecule has 3 aromatic rings. The van der Waals surface area contributed by atoms with E-state index in [2.05, 4.69) is 0 Å². The lowest BCUT2D eigenvalue weighted by Crippen LogP contribution is -2.41. The van der Waals surface area contributed by atoms with Crippen LogP contribution in [0.3, 0.4) is 0 Å². The van der Waals surface area contributed by atoms with Crippen molar-refractivity contribution in [3.05, 3.63) is 72.8 Å². The fraction of sp³-hybridized carbons (Fsp3) is 0.333. The van der Waals surface area contributed by atoms with Crippen molar-refractivity contribution in [1.29, 1.82) is 0 Å². The Morgan fingerprint density at radius 2 is 0.857 bits per heavy atom. The molecule has 2 atom stereocenters. The highest BCUT2D eigenvalue weighted by Crippen LogP contribution is 2.22. The van der Waals surface area contributed by atoms with Crippen LogP contribution in [0.4, 0.5) is 5.69 Å². The predicted molar refractivity (Wildman–Crippen MR) is 134 cm³/mol. The van der Waals surface area contributed by atoms with Gasteiger partial charge in [0.25, 0.3) is 0 Å². The van der Waals surface area contributed by atoms with Crippen molar-refractivity contribution in [2.75, 3.05) is 52.5 Å². The van der Waals surface area contributed by atoms with Crippen molar-refractivity contribution in [2.45, 2.75) is 12.2 Å². The van der Waals surface area contributed by atoms with Crippen LogP contribution in [0.2, 0.25) is 0 Å². The van der Waals surface area contributed by atoms with Crippen molar-refractivity contribution >= 4 is 5.69 Å². The summed E-state index contributed by atoms with van der Waals surface area (Å²) in [6, 6.07) is 21.8. The molecule has 0 unspecified atom stereocenters. The smallest absolute Gasteiger partial charge is 0.119 e. The van der Waals surface area contributed by atoms with Crippen molar-refractivity contribution in [3.8, 4) is 28.7 Å². The minimum Gasteiger partial charge on any atom is -0.497 e. The van der Waals surface area contributed by atoms with Gasteiger partial charge in [-0.1, -0.05) is 0 Å². The van der Waals surface area contributed by atoms with Crippen LogP contribution >= 0.6 is 0 Å². The summed E-state index contributed by atoms with van der Waals surface area (Å²) in [7, 11) is 4.81. The van der Waals surface area contributed by atoms with Crippen LogP contribution in [0.5, 0.6) is 28.7 Å². The first-order valence-corrected chi connectivity index (χ1v) is 11.3. The molecule has 0 aliphatic carbocycles. The molecule has 0 aromatic heterocycles. The Balaban J connectivity index is 1.59. The topological polar surface area (TPSA) is 89.9 Å². The van der Waals surface area contributed by atoms with E-state index >= 15 is 0 Å². The van der Waals surface area contributed by atoms with E-state index in [1.807, 2.05) is 29.2 Å². The van der Waals surface area contributed by atoms with Crippen LogP contribution in [0, 0.1) is 0 Å². The third-order valence-corrected chi connectivity index (χ3v) is 5.30. The lowest BCUT2D eigenvalue weighted by atomic mass is 10.2. The van der Waals surface area contributed by atoms with E-state index in [-0.39, 0.29) is 26.3 Å². The summed E-state index contributed by atoms with van der Waals surface area (Å²) in [6.07, 6.45) is -1.59. The third kappa shape index (κ3) is 8.27. The minimum atomic E-state index is -0.797. The van der Waals surface area contributed by atoms with Gasteiger partial charge in [0.2, 0.25) is 0 Å². The Morgan fingerprint density at radius 3 is 1.20 bits per heavy atom. The SMILES string of the molecule is COc1ccc(OC[C@@H](O)CN(C[C@H](O)COc2ccc(OC)cc2)c2ccc(OC)cc2)cc1. The van der Waals surface area contributed by atoms with Gasteiger partial charge in [0.15, 0.2) is 0 Å². The highest BCUT2D eigenvalue weighted by Gasteiger charge is 2.18. The molecule has 0 heterocycles. The number of ether oxygens (including phenoxy) is 5. The number of rotatable bonds is 14. The van der Waals surface area contributed by atoms with Crippen LogP contribution in [0.15, 0.2) is 72.8 Å². The summed E-state index contributed by atoms with van der Waals surface area (Å²) in [5.41, 5.74) is 0.831. The second-order valence-corrected chi connectivity index (χ2v) is 7.88. The molecule has 0 amide bonds. The van der Waals surface area contributed by atoms with Crippen molar-refractivity contribution in [3.63, 3.8) is 0 Å². The molecular formula is C27H33NO7. The first-order chi connectivity index (χ1) is 17.0. The molecule has 8 heteroatoms. The van der Waals surface area contributed by atoms with Gasteiger partial charge >= 0.3 is 0 Å². The van der Waals surface area contributed by atoms with Crippen molar-refractivity contribution in [1.82, 2.24) is 0 Å². The lowest BCUT2D eigenvalue weighted by molar-refractivity contribution is 0.0954. The number of methoxy groups -OCH3 is 3. The van der Waals surface area contributed by atoms with Crippen LogP contribution in [-0.4, -0.2) is 70.1 Å². The maximum absolute atomic E-state index is 10.7. The van der Waals surface area contributed by atoms with Crippen molar-refractivity contribution < 1.29 is 33.9 Å². The third-order valence-electron chi connectivity index (χ3n) is 5.30. The van der Waals surface area contributed by atoms with Gasteiger partial charge in [-0.25, -0.2) is 0 Å². The Hall–Kier alpha value is -3.62. The van der Waals surface area contributed by atoms with Gasteiger partial charge in [0, 0.05) is 18.8 Å².